The van der Waals surface area contributed by atoms with Gasteiger partial charge in [-0.2, -0.15) is 0 Å². The first-order chi connectivity index (χ1) is 9.28. The van der Waals surface area contributed by atoms with Crippen molar-refractivity contribution in [3.05, 3.63) is 12.2 Å². The number of rotatable bonds is 4. The van der Waals surface area contributed by atoms with E-state index in [0.29, 0.717) is 6.54 Å². The maximum atomic E-state index is 11.3. The fourth-order valence-electron chi connectivity index (χ4n) is 3.00. The van der Waals surface area contributed by atoms with Crippen LogP contribution in [-0.2, 0) is 9.53 Å². The number of carbonyl (C=O) groups excluding carboxylic acids is 1. The summed E-state index contributed by atoms with van der Waals surface area (Å²) in [4.78, 5) is 16.1. The second kappa shape index (κ2) is 7.65. The zero-order valence-electron chi connectivity index (χ0n) is 12.0. The van der Waals surface area contributed by atoms with E-state index in [1.807, 2.05) is 0 Å². The van der Waals surface area contributed by atoms with Gasteiger partial charge in [0.1, 0.15) is 0 Å². The van der Waals surface area contributed by atoms with Gasteiger partial charge in [0.2, 0.25) is 0 Å². The summed E-state index contributed by atoms with van der Waals surface area (Å²) >= 11 is 0. The lowest BCUT2D eigenvalue weighted by molar-refractivity contribution is -0.141. The Morgan fingerprint density at radius 3 is 2.74 bits per heavy atom. The van der Waals surface area contributed by atoms with Crippen LogP contribution in [0.5, 0.6) is 0 Å². The molecular formula is C15H26N2O2. The summed E-state index contributed by atoms with van der Waals surface area (Å²) in [5.74, 6) is 0.711. The van der Waals surface area contributed by atoms with E-state index in [4.69, 9.17) is 4.74 Å². The van der Waals surface area contributed by atoms with Crippen LogP contribution >= 0.6 is 0 Å². The summed E-state index contributed by atoms with van der Waals surface area (Å²) in [7, 11) is 1.46. The monoisotopic (exact) mass is 266 g/mol. The molecule has 1 atom stereocenters. The highest BCUT2D eigenvalue weighted by molar-refractivity contribution is 5.71. The number of hydrogen-bond acceptors (Lipinski definition) is 4. The van der Waals surface area contributed by atoms with Gasteiger partial charge in [-0.1, -0.05) is 12.2 Å². The molecular weight excluding hydrogens is 240 g/mol. The van der Waals surface area contributed by atoms with Crippen LogP contribution in [0.25, 0.3) is 0 Å². The first-order valence-corrected chi connectivity index (χ1v) is 7.44. The van der Waals surface area contributed by atoms with E-state index in [2.05, 4.69) is 22.0 Å². The molecule has 1 aliphatic heterocycles. The molecule has 4 nitrogen and oxygen atoms in total. The topological polar surface area (TPSA) is 32.8 Å². The molecule has 0 radical (unpaired) electrons. The number of methoxy groups -OCH3 is 1. The van der Waals surface area contributed by atoms with Crippen molar-refractivity contribution in [1.82, 2.24) is 9.80 Å². The number of carbonyl (C=O) groups is 1. The first kappa shape index (κ1) is 14.5. The van der Waals surface area contributed by atoms with Crippen LogP contribution in [0.2, 0.25) is 0 Å². The third-order valence-electron chi connectivity index (χ3n) is 4.16. The molecule has 0 unspecified atom stereocenters. The van der Waals surface area contributed by atoms with Crippen LogP contribution in [0.3, 0.4) is 0 Å². The van der Waals surface area contributed by atoms with Gasteiger partial charge in [-0.15, -0.1) is 0 Å². The van der Waals surface area contributed by atoms with Gasteiger partial charge in [-0.3, -0.25) is 9.69 Å². The van der Waals surface area contributed by atoms with E-state index in [0.717, 1.165) is 38.5 Å². The Labute approximate surface area is 116 Å². The predicted molar refractivity (Wildman–Crippen MR) is 76.0 cm³/mol. The van der Waals surface area contributed by atoms with Crippen LogP contribution in [0.15, 0.2) is 12.2 Å². The Hall–Kier alpha value is -0.870. The smallest absolute Gasteiger partial charge is 0.319 e. The lowest BCUT2D eigenvalue weighted by Gasteiger charge is -2.27. The Morgan fingerprint density at radius 2 is 2.00 bits per heavy atom. The van der Waals surface area contributed by atoms with Crippen LogP contribution < -0.4 is 0 Å². The van der Waals surface area contributed by atoms with Crippen LogP contribution in [0.4, 0.5) is 0 Å². The molecule has 0 spiro atoms. The van der Waals surface area contributed by atoms with E-state index >= 15 is 0 Å². The lowest BCUT2D eigenvalue weighted by atomic mass is 9.94. The molecule has 0 amide bonds. The van der Waals surface area contributed by atoms with Gasteiger partial charge >= 0.3 is 5.97 Å². The highest BCUT2D eigenvalue weighted by Crippen LogP contribution is 2.19. The quantitative estimate of drug-likeness (QED) is 0.570. The number of hydrogen-bond donors (Lipinski definition) is 0. The zero-order chi connectivity index (χ0) is 13.5. The minimum absolute atomic E-state index is 0.120. The van der Waals surface area contributed by atoms with E-state index < -0.39 is 0 Å². The summed E-state index contributed by atoms with van der Waals surface area (Å²) in [5, 5.41) is 0. The molecule has 19 heavy (non-hydrogen) atoms. The first-order valence-electron chi connectivity index (χ1n) is 7.44. The molecule has 2 aliphatic rings. The van der Waals surface area contributed by atoms with Crippen molar-refractivity contribution >= 4 is 5.97 Å². The molecule has 1 saturated heterocycles. The van der Waals surface area contributed by atoms with Crippen LogP contribution in [0, 0.1) is 5.92 Å². The van der Waals surface area contributed by atoms with E-state index in [-0.39, 0.29) is 5.97 Å². The van der Waals surface area contributed by atoms with Gasteiger partial charge in [0.15, 0.2) is 0 Å². The maximum absolute atomic E-state index is 11.3. The fraction of sp³-hybridized carbons (Fsp3) is 0.800. The Morgan fingerprint density at radius 1 is 1.21 bits per heavy atom. The molecule has 1 aliphatic carbocycles. The van der Waals surface area contributed by atoms with E-state index in [1.165, 1.54) is 32.9 Å². The highest BCUT2D eigenvalue weighted by atomic mass is 16.5. The maximum Gasteiger partial charge on any atom is 0.319 e. The summed E-state index contributed by atoms with van der Waals surface area (Å²) in [5.41, 5.74) is 0. The molecule has 0 bridgehead atoms. The van der Waals surface area contributed by atoms with Crippen LogP contribution in [-0.4, -0.2) is 62.1 Å². The number of ether oxygens (including phenoxy) is 1. The fourth-order valence-corrected chi connectivity index (χ4v) is 3.00. The van der Waals surface area contributed by atoms with Gasteiger partial charge in [0.25, 0.3) is 0 Å². The van der Waals surface area contributed by atoms with Crippen molar-refractivity contribution in [2.24, 2.45) is 5.92 Å². The van der Waals surface area contributed by atoms with Crippen molar-refractivity contribution < 1.29 is 9.53 Å². The molecule has 1 heterocycles. The summed E-state index contributed by atoms with van der Waals surface area (Å²) < 4.78 is 4.74. The molecule has 1 fully saturated rings. The second-order valence-electron chi connectivity index (χ2n) is 5.66. The van der Waals surface area contributed by atoms with Gasteiger partial charge in [0, 0.05) is 26.2 Å². The number of allylic oxidation sites excluding steroid dienone is 2. The lowest BCUT2D eigenvalue weighted by Crippen LogP contribution is -2.36. The van der Waals surface area contributed by atoms with Gasteiger partial charge in [-0.25, -0.2) is 0 Å². The minimum Gasteiger partial charge on any atom is -0.468 e. The highest BCUT2D eigenvalue weighted by Gasteiger charge is 2.20. The third-order valence-corrected chi connectivity index (χ3v) is 4.16. The SMILES string of the molecule is COC(=O)CN1CCCN(C[C@H]2CC=CCC2)CC1. The summed E-state index contributed by atoms with van der Waals surface area (Å²) in [6.07, 6.45) is 9.60. The van der Waals surface area contributed by atoms with Gasteiger partial charge < -0.3 is 9.64 Å². The average Bonchev–Trinajstić information content (AvgIpc) is 2.65. The van der Waals surface area contributed by atoms with E-state index in [1.54, 1.807) is 0 Å². The summed E-state index contributed by atoms with van der Waals surface area (Å²) in [6.45, 7) is 5.90. The molecule has 108 valence electrons. The predicted octanol–water partition coefficient (Wildman–Crippen LogP) is 1.52. The summed E-state index contributed by atoms with van der Waals surface area (Å²) in [6, 6.07) is 0. The van der Waals surface area contributed by atoms with Gasteiger partial charge in [0.05, 0.1) is 13.7 Å². The van der Waals surface area contributed by atoms with E-state index in [9.17, 15) is 4.79 Å². The Bertz CT molecular complexity index is 317. The van der Waals surface area contributed by atoms with Crippen molar-refractivity contribution in [2.75, 3.05) is 46.4 Å². The Balaban J connectivity index is 1.73. The molecule has 0 aromatic rings. The number of nitrogens with zero attached hydrogens (tertiary/aromatic N) is 2. The van der Waals surface area contributed by atoms with Gasteiger partial charge in [-0.05, 0) is 38.1 Å². The Kier molecular flexibility index (Phi) is 5.86. The second-order valence-corrected chi connectivity index (χ2v) is 5.66. The number of esters is 1. The largest absolute Gasteiger partial charge is 0.468 e. The normalized spacial score (nSPS) is 26.1. The van der Waals surface area contributed by atoms with Crippen molar-refractivity contribution in [3.8, 4) is 0 Å². The third kappa shape index (κ3) is 4.96. The molecule has 0 saturated carbocycles. The van der Waals surface area contributed by atoms with Crippen molar-refractivity contribution in [2.45, 2.75) is 25.7 Å². The average molecular weight is 266 g/mol. The molecule has 0 aromatic carbocycles. The molecule has 4 heteroatoms. The molecule has 0 aromatic heterocycles. The van der Waals surface area contributed by atoms with Crippen molar-refractivity contribution in [1.29, 1.82) is 0 Å². The zero-order valence-corrected chi connectivity index (χ0v) is 12.0. The molecule has 2 rings (SSSR count). The van der Waals surface area contributed by atoms with Crippen LogP contribution in [0.1, 0.15) is 25.7 Å². The standard InChI is InChI=1S/C15H26N2O2/c1-19-15(18)13-17-9-5-8-16(10-11-17)12-14-6-3-2-4-7-14/h2-3,14H,4-13H2,1H3/t14-/m0/s1. The minimum atomic E-state index is -0.120. The molecule has 0 N–H and O–H groups in total. The van der Waals surface area contributed by atoms with Crippen molar-refractivity contribution in [3.63, 3.8) is 0 Å².